The molecule has 1 rings (SSSR count). The first-order chi connectivity index (χ1) is 5.11. The highest BCUT2D eigenvalue weighted by Crippen LogP contribution is 2.43. The molecule has 2 N–H and O–H groups in total. The van der Waals surface area contributed by atoms with E-state index in [0.717, 1.165) is 5.92 Å². The van der Waals surface area contributed by atoms with Gasteiger partial charge in [-0.2, -0.15) is 0 Å². The van der Waals surface area contributed by atoms with Crippen LogP contribution >= 0.6 is 0 Å². The molecule has 0 bridgehead atoms. The maximum atomic E-state index is 10.2. The zero-order valence-electron chi connectivity index (χ0n) is 7.04. The molecule has 0 spiro atoms. The fourth-order valence-electron chi connectivity index (χ4n) is 1.47. The molecule has 64 valence electrons. The number of carbonyl (C=O) groups is 1. The van der Waals surface area contributed by atoms with E-state index in [-0.39, 0.29) is 0 Å². The van der Waals surface area contributed by atoms with Crippen molar-refractivity contribution in [3.8, 4) is 0 Å². The fraction of sp³-hybridized carbons (Fsp3) is 0.875. The van der Waals surface area contributed by atoms with Crippen LogP contribution in [0.3, 0.4) is 0 Å². The van der Waals surface area contributed by atoms with Crippen LogP contribution in [0.1, 0.15) is 20.3 Å². The zero-order valence-corrected chi connectivity index (χ0v) is 7.04. The van der Waals surface area contributed by atoms with Crippen LogP contribution in [0.25, 0.3) is 0 Å². The summed E-state index contributed by atoms with van der Waals surface area (Å²) in [5.74, 6) is 2.02. The van der Waals surface area contributed by atoms with Crippen LogP contribution in [0.15, 0.2) is 0 Å². The molecule has 1 saturated carbocycles. The van der Waals surface area contributed by atoms with Gasteiger partial charge in [-0.25, -0.2) is 4.79 Å². The number of carbonyl (C=O) groups excluding carboxylic acids is 1. The largest absolute Gasteiger partial charge is 0.449 e. The molecule has 3 heteroatoms. The summed E-state index contributed by atoms with van der Waals surface area (Å²) in [6, 6.07) is 0. The number of ether oxygens (including phenoxy) is 1. The molecule has 1 fully saturated rings. The zero-order chi connectivity index (χ0) is 8.43. The third-order valence-electron chi connectivity index (χ3n) is 2.27. The number of rotatable bonds is 3. The van der Waals surface area contributed by atoms with Gasteiger partial charge in [0.1, 0.15) is 0 Å². The van der Waals surface area contributed by atoms with E-state index in [1.165, 1.54) is 6.42 Å². The Kier molecular flexibility index (Phi) is 2.37. The van der Waals surface area contributed by atoms with Gasteiger partial charge in [0.15, 0.2) is 0 Å². The van der Waals surface area contributed by atoms with Gasteiger partial charge >= 0.3 is 6.09 Å². The van der Waals surface area contributed by atoms with Gasteiger partial charge in [-0.1, -0.05) is 13.8 Å². The molecule has 0 aromatic rings. The molecule has 1 amide bonds. The monoisotopic (exact) mass is 157 g/mol. The van der Waals surface area contributed by atoms with Crippen LogP contribution in [0, 0.1) is 17.8 Å². The van der Waals surface area contributed by atoms with Gasteiger partial charge in [0.2, 0.25) is 0 Å². The Labute approximate surface area is 66.9 Å². The number of primary amides is 1. The lowest BCUT2D eigenvalue weighted by Gasteiger charge is -2.02. The standard InChI is InChI=1S/C8H15NO2/c1-5(2)7-3-6(7)4-11-8(9)10/h5-7H,3-4H2,1-2H3,(H2,9,10)/t6-,7+/m1/s1. The molecule has 0 heterocycles. The Morgan fingerprint density at radius 2 is 2.36 bits per heavy atom. The van der Waals surface area contributed by atoms with E-state index in [1.807, 2.05) is 0 Å². The SMILES string of the molecule is CC(C)[C@@H]1C[C@@H]1COC(N)=O. The van der Waals surface area contributed by atoms with Crippen LogP contribution in [-0.4, -0.2) is 12.7 Å². The fourth-order valence-corrected chi connectivity index (χ4v) is 1.47. The quantitative estimate of drug-likeness (QED) is 0.672. The van der Waals surface area contributed by atoms with Crippen molar-refractivity contribution in [1.82, 2.24) is 0 Å². The molecular weight excluding hydrogens is 142 g/mol. The first-order valence-electron chi connectivity index (χ1n) is 4.03. The van der Waals surface area contributed by atoms with Gasteiger partial charge in [-0.3, -0.25) is 0 Å². The van der Waals surface area contributed by atoms with Crippen LogP contribution < -0.4 is 5.73 Å². The average Bonchev–Trinajstić information content (AvgIpc) is 2.61. The van der Waals surface area contributed by atoms with Crippen LogP contribution in [0.4, 0.5) is 4.79 Å². The Bertz CT molecular complexity index is 156. The van der Waals surface area contributed by atoms with Crippen molar-refractivity contribution in [2.24, 2.45) is 23.5 Å². The van der Waals surface area contributed by atoms with Gasteiger partial charge in [0.05, 0.1) is 6.61 Å². The van der Waals surface area contributed by atoms with E-state index in [1.54, 1.807) is 0 Å². The highest BCUT2D eigenvalue weighted by molar-refractivity contribution is 5.64. The summed E-state index contributed by atoms with van der Waals surface area (Å²) in [6.45, 7) is 4.89. The first-order valence-corrected chi connectivity index (χ1v) is 4.03. The topological polar surface area (TPSA) is 52.3 Å². The van der Waals surface area contributed by atoms with Crippen LogP contribution in [0.2, 0.25) is 0 Å². The van der Waals surface area contributed by atoms with Crippen molar-refractivity contribution in [2.75, 3.05) is 6.61 Å². The van der Waals surface area contributed by atoms with Gasteiger partial charge in [0, 0.05) is 0 Å². The van der Waals surface area contributed by atoms with Crippen LogP contribution in [-0.2, 0) is 4.74 Å². The number of nitrogens with two attached hydrogens (primary N) is 1. The van der Waals surface area contributed by atoms with Gasteiger partial charge in [0.25, 0.3) is 0 Å². The maximum Gasteiger partial charge on any atom is 0.404 e. The third kappa shape index (κ3) is 2.41. The summed E-state index contributed by atoms with van der Waals surface area (Å²) in [5, 5.41) is 0. The average molecular weight is 157 g/mol. The molecule has 1 aliphatic rings. The molecule has 0 saturated heterocycles. The molecule has 0 radical (unpaired) electrons. The Morgan fingerprint density at radius 1 is 1.73 bits per heavy atom. The highest BCUT2D eigenvalue weighted by Gasteiger charge is 2.39. The van der Waals surface area contributed by atoms with Gasteiger partial charge < -0.3 is 10.5 Å². The van der Waals surface area contributed by atoms with Crippen molar-refractivity contribution in [3.63, 3.8) is 0 Å². The summed E-state index contributed by atoms with van der Waals surface area (Å²) in [7, 11) is 0. The van der Waals surface area contributed by atoms with Crippen molar-refractivity contribution < 1.29 is 9.53 Å². The van der Waals surface area contributed by atoms with Crippen LogP contribution in [0.5, 0.6) is 0 Å². The lowest BCUT2D eigenvalue weighted by molar-refractivity contribution is 0.148. The lowest BCUT2D eigenvalue weighted by atomic mass is 10.1. The lowest BCUT2D eigenvalue weighted by Crippen LogP contribution is -2.15. The molecule has 0 aromatic heterocycles. The van der Waals surface area contributed by atoms with Gasteiger partial charge in [-0.15, -0.1) is 0 Å². The molecule has 0 unspecified atom stereocenters. The van der Waals surface area contributed by atoms with Crippen molar-refractivity contribution in [2.45, 2.75) is 20.3 Å². The van der Waals surface area contributed by atoms with E-state index in [9.17, 15) is 4.79 Å². The number of amides is 1. The minimum atomic E-state index is -0.653. The normalized spacial score (nSPS) is 28.6. The molecule has 0 aromatic carbocycles. The minimum Gasteiger partial charge on any atom is -0.449 e. The third-order valence-corrected chi connectivity index (χ3v) is 2.27. The van der Waals surface area contributed by atoms with E-state index < -0.39 is 6.09 Å². The summed E-state index contributed by atoms with van der Waals surface area (Å²) in [4.78, 5) is 10.2. The minimum absolute atomic E-state index is 0.512. The number of hydrogen-bond donors (Lipinski definition) is 1. The predicted octanol–water partition coefficient (Wildman–Crippen LogP) is 1.37. The molecule has 2 atom stereocenters. The second kappa shape index (κ2) is 3.11. The molecule has 3 nitrogen and oxygen atoms in total. The smallest absolute Gasteiger partial charge is 0.404 e. The first kappa shape index (κ1) is 8.37. The van der Waals surface area contributed by atoms with Gasteiger partial charge in [-0.05, 0) is 24.2 Å². The molecule has 1 aliphatic carbocycles. The molecule has 0 aliphatic heterocycles. The summed E-state index contributed by atoms with van der Waals surface area (Å²) < 4.78 is 4.69. The predicted molar refractivity (Wildman–Crippen MR) is 42.0 cm³/mol. The Hall–Kier alpha value is -0.730. The maximum absolute atomic E-state index is 10.2. The summed E-state index contributed by atoms with van der Waals surface area (Å²) in [6.07, 6.45) is 0.532. The van der Waals surface area contributed by atoms with Crippen molar-refractivity contribution in [1.29, 1.82) is 0 Å². The van der Waals surface area contributed by atoms with Crippen molar-refractivity contribution >= 4 is 6.09 Å². The molecule has 11 heavy (non-hydrogen) atoms. The second-order valence-electron chi connectivity index (χ2n) is 3.53. The Morgan fingerprint density at radius 3 is 2.73 bits per heavy atom. The number of hydrogen-bond acceptors (Lipinski definition) is 2. The van der Waals surface area contributed by atoms with E-state index in [0.29, 0.717) is 18.4 Å². The highest BCUT2D eigenvalue weighted by atomic mass is 16.5. The summed E-state index contributed by atoms with van der Waals surface area (Å²) >= 11 is 0. The molecular formula is C8H15NO2. The van der Waals surface area contributed by atoms with Crippen molar-refractivity contribution in [3.05, 3.63) is 0 Å². The van der Waals surface area contributed by atoms with E-state index in [2.05, 4.69) is 18.6 Å². The summed E-state index contributed by atoms with van der Waals surface area (Å²) in [5.41, 5.74) is 4.83. The second-order valence-corrected chi connectivity index (χ2v) is 3.53. The van der Waals surface area contributed by atoms with E-state index in [4.69, 9.17) is 5.73 Å². The van der Waals surface area contributed by atoms with E-state index >= 15 is 0 Å². The Balaban J connectivity index is 2.09.